The monoisotopic (exact) mass is 313 g/mol. The van der Waals surface area contributed by atoms with Gasteiger partial charge in [-0.05, 0) is 24.3 Å². The smallest absolute Gasteiger partial charge is 0.146 e. The molecule has 2 aromatic rings. The molecule has 1 atom stereocenters. The Bertz CT molecular complexity index is 504. The van der Waals surface area contributed by atoms with Gasteiger partial charge in [-0.25, -0.2) is 4.39 Å². The molecule has 0 radical (unpaired) electrons. The van der Waals surface area contributed by atoms with Crippen molar-refractivity contribution in [1.82, 2.24) is 9.78 Å². The molecule has 0 amide bonds. The first-order chi connectivity index (χ1) is 8.65. The first-order valence-electron chi connectivity index (χ1n) is 5.49. The summed E-state index contributed by atoms with van der Waals surface area (Å²) in [5, 5.41) is 16.6. The maximum Gasteiger partial charge on any atom is 0.146 e. The van der Waals surface area contributed by atoms with E-state index in [0.29, 0.717) is 12.2 Å². The van der Waals surface area contributed by atoms with E-state index >= 15 is 0 Å². The number of anilines is 1. The Hall–Kier alpha value is -1.40. The molecule has 18 heavy (non-hydrogen) atoms. The maximum absolute atomic E-state index is 13.4. The zero-order valence-electron chi connectivity index (χ0n) is 9.55. The van der Waals surface area contributed by atoms with Gasteiger partial charge in [-0.3, -0.25) is 4.68 Å². The number of halogens is 2. The lowest BCUT2D eigenvalue weighted by Gasteiger charge is -2.13. The molecule has 1 aromatic heterocycles. The van der Waals surface area contributed by atoms with Crippen LogP contribution in [-0.4, -0.2) is 27.5 Å². The second-order valence-electron chi connectivity index (χ2n) is 3.89. The first-order valence-corrected chi connectivity index (χ1v) is 6.29. The van der Waals surface area contributed by atoms with Crippen LogP contribution in [0.2, 0.25) is 0 Å². The highest BCUT2D eigenvalue weighted by atomic mass is 79.9. The predicted octanol–water partition coefficient (Wildman–Crippen LogP) is 2.26. The summed E-state index contributed by atoms with van der Waals surface area (Å²) in [6.07, 6.45) is 2.78. The van der Waals surface area contributed by atoms with Crippen molar-refractivity contribution in [3.63, 3.8) is 0 Å². The van der Waals surface area contributed by atoms with Crippen molar-refractivity contribution < 1.29 is 9.50 Å². The number of nitrogens with one attached hydrogen (secondary N) is 1. The summed E-state index contributed by atoms with van der Waals surface area (Å²) >= 11 is 3.27. The number of nitrogens with zero attached hydrogens (tertiary/aromatic N) is 2. The van der Waals surface area contributed by atoms with Crippen molar-refractivity contribution >= 4 is 21.6 Å². The van der Waals surface area contributed by atoms with E-state index in [2.05, 4.69) is 26.3 Å². The molecule has 2 N–H and O–H groups in total. The average Bonchev–Trinajstić information content (AvgIpc) is 2.83. The van der Waals surface area contributed by atoms with Crippen LogP contribution < -0.4 is 5.32 Å². The summed E-state index contributed by atoms with van der Waals surface area (Å²) in [7, 11) is 0. The zero-order valence-corrected chi connectivity index (χ0v) is 11.1. The van der Waals surface area contributed by atoms with Crippen molar-refractivity contribution in [2.75, 3.05) is 11.9 Å². The van der Waals surface area contributed by atoms with Crippen LogP contribution in [0.25, 0.3) is 0 Å². The van der Waals surface area contributed by atoms with E-state index in [4.69, 9.17) is 0 Å². The number of benzene rings is 1. The van der Waals surface area contributed by atoms with Crippen molar-refractivity contribution in [3.05, 3.63) is 46.9 Å². The third-order valence-electron chi connectivity index (χ3n) is 2.41. The SMILES string of the molecule is OC(CNc1cc(Br)ccc1F)Cn1cccn1. The fourth-order valence-corrected chi connectivity index (χ4v) is 1.91. The molecule has 0 aliphatic heterocycles. The van der Waals surface area contributed by atoms with Gasteiger partial charge in [-0.2, -0.15) is 5.10 Å². The zero-order chi connectivity index (χ0) is 13.0. The summed E-state index contributed by atoms with van der Waals surface area (Å²) < 4.78 is 15.8. The summed E-state index contributed by atoms with van der Waals surface area (Å²) in [5.41, 5.74) is 0.365. The predicted molar refractivity (Wildman–Crippen MR) is 70.8 cm³/mol. The van der Waals surface area contributed by atoms with Crippen LogP contribution in [0.4, 0.5) is 10.1 Å². The van der Waals surface area contributed by atoms with Crippen LogP contribution in [0, 0.1) is 5.82 Å². The minimum absolute atomic E-state index is 0.257. The summed E-state index contributed by atoms with van der Waals surface area (Å²) in [6.45, 7) is 0.628. The Morgan fingerprint density at radius 2 is 2.33 bits per heavy atom. The standard InChI is InChI=1S/C12H13BrFN3O/c13-9-2-3-11(14)12(6-9)15-7-10(18)8-17-5-1-4-16-17/h1-6,10,15,18H,7-8H2. The van der Waals surface area contributed by atoms with Gasteiger partial charge in [0.15, 0.2) is 0 Å². The van der Waals surface area contributed by atoms with Crippen molar-refractivity contribution in [3.8, 4) is 0 Å². The molecule has 0 spiro atoms. The first kappa shape index (κ1) is 13.0. The molecule has 6 heteroatoms. The van der Waals surface area contributed by atoms with Gasteiger partial charge in [0.1, 0.15) is 5.82 Å². The molecule has 2 rings (SSSR count). The van der Waals surface area contributed by atoms with Crippen molar-refractivity contribution in [2.24, 2.45) is 0 Å². The molecule has 0 saturated heterocycles. The molecule has 0 bridgehead atoms. The molecule has 0 fully saturated rings. The van der Waals surface area contributed by atoms with Gasteiger partial charge >= 0.3 is 0 Å². The van der Waals surface area contributed by atoms with Crippen molar-refractivity contribution in [2.45, 2.75) is 12.6 Å². The van der Waals surface area contributed by atoms with Crippen LogP contribution in [0.1, 0.15) is 0 Å². The molecule has 96 valence electrons. The maximum atomic E-state index is 13.4. The lowest BCUT2D eigenvalue weighted by molar-refractivity contribution is 0.161. The van der Waals surface area contributed by atoms with Gasteiger partial charge in [-0.1, -0.05) is 15.9 Å². The Morgan fingerprint density at radius 1 is 1.50 bits per heavy atom. The van der Waals surface area contributed by atoms with Gasteiger partial charge in [0.05, 0.1) is 18.3 Å². The van der Waals surface area contributed by atoms with Gasteiger partial charge < -0.3 is 10.4 Å². The van der Waals surface area contributed by atoms with Gasteiger partial charge in [0.25, 0.3) is 0 Å². The van der Waals surface area contributed by atoms with Crippen LogP contribution in [0.15, 0.2) is 41.1 Å². The molecule has 1 heterocycles. The Morgan fingerprint density at radius 3 is 3.06 bits per heavy atom. The molecule has 4 nitrogen and oxygen atoms in total. The van der Waals surface area contributed by atoms with Gasteiger partial charge in [0.2, 0.25) is 0 Å². The summed E-state index contributed by atoms with van der Waals surface area (Å²) in [4.78, 5) is 0. The second-order valence-corrected chi connectivity index (χ2v) is 4.80. The number of aliphatic hydroxyl groups is 1. The number of hydrogen-bond acceptors (Lipinski definition) is 3. The van der Waals surface area contributed by atoms with Crippen LogP contribution >= 0.6 is 15.9 Å². The molecule has 1 unspecified atom stereocenters. The topological polar surface area (TPSA) is 50.1 Å². The Kier molecular flexibility index (Phi) is 4.33. The molecule has 0 aliphatic carbocycles. The number of aliphatic hydroxyl groups excluding tert-OH is 1. The number of aromatic nitrogens is 2. The lowest BCUT2D eigenvalue weighted by atomic mass is 10.3. The van der Waals surface area contributed by atoms with Crippen LogP contribution in [0.5, 0.6) is 0 Å². The third-order valence-corrected chi connectivity index (χ3v) is 2.91. The lowest BCUT2D eigenvalue weighted by Crippen LogP contribution is -2.25. The normalized spacial score (nSPS) is 12.4. The fourth-order valence-electron chi connectivity index (χ4n) is 1.55. The van der Waals surface area contributed by atoms with Crippen LogP contribution in [0.3, 0.4) is 0 Å². The van der Waals surface area contributed by atoms with E-state index in [1.807, 2.05) is 0 Å². The molecule has 0 saturated carbocycles. The largest absolute Gasteiger partial charge is 0.389 e. The summed E-state index contributed by atoms with van der Waals surface area (Å²) in [6, 6.07) is 6.41. The highest BCUT2D eigenvalue weighted by molar-refractivity contribution is 9.10. The summed E-state index contributed by atoms with van der Waals surface area (Å²) in [5.74, 6) is -0.343. The molecular weight excluding hydrogens is 301 g/mol. The third kappa shape index (κ3) is 3.54. The second kappa shape index (κ2) is 5.97. The van der Waals surface area contributed by atoms with Gasteiger partial charge in [-0.15, -0.1) is 0 Å². The molecule has 0 aliphatic rings. The molecule has 1 aromatic carbocycles. The number of hydrogen-bond donors (Lipinski definition) is 2. The van der Waals surface area contributed by atoms with E-state index in [0.717, 1.165) is 4.47 Å². The van der Waals surface area contributed by atoms with Crippen LogP contribution in [-0.2, 0) is 6.54 Å². The average molecular weight is 314 g/mol. The highest BCUT2D eigenvalue weighted by Crippen LogP contribution is 2.19. The Balaban J connectivity index is 1.89. The minimum Gasteiger partial charge on any atom is -0.389 e. The Labute approximate surface area is 113 Å². The van der Waals surface area contributed by atoms with E-state index in [9.17, 15) is 9.50 Å². The highest BCUT2D eigenvalue weighted by Gasteiger charge is 2.07. The van der Waals surface area contributed by atoms with E-state index in [-0.39, 0.29) is 12.4 Å². The van der Waals surface area contributed by atoms with E-state index in [1.54, 1.807) is 35.3 Å². The van der Waals surface area contributed by atoms with E-state index < -0.39 is 6.10 Å². The fraction of sp³-hybridized carbons (Fsp3) is 0.250. The van der Waals surface area contributed by atoms with E-state index in [1.165, 1.54) is 6.07 Å². The van der Waals surface area contributed by atoms with Crippen molar-refractivity contribution in [1.29, 1.82) is 0 Å². The van der Waals surface area contributed by atoms with Gasteiger partial charge in [0, 0.05) is 23.4 Å². The minimum atomic E-state index is -0.636. The quantitative estimate of drug-likeness (QED) is 0.890. The molecular formula is C12H13BrFN3O. The number of rotatable bonds is 5.